The molecule has 2 heterocycles. The van der Waals surface area contributed by atoms with Crippen LogP contribution in [0.5, 0.6) is 5.75 Å². The lowest BCUT2D eigenvalue weighted by atomic mass is 10.0. The number of aryl methyl sites for hydroxylation is 1. The molecule has 0 saturated carbocycles. The molecule has 0 unspecified atom stereocenters. The van der Waals surface area contributed by atoms with E-state index in [0.717, 1.165) is 19.2 Å². The fraction of sp³-hybridized carbons (Fsp3) is 0.333. The fourth-order valence-corrected chi connectivity index (χ4v) is 3.13. The number of halogens is 4. The van der Waals surface area contributed by atoms with Gasteiger partial charge in [-0.05, 0) is 6.07 Å². The average Bonchev–Trinajstić information content (AvgIpc) is 3.04. The molecule has 1 aromatic carbocycles. The van der Waals surface area contributed by atoms with Crippen molar-refractivity contribution in [3.63, 3.8) is 0 Å². The number of nitrogens with zero attached hydrogens (tertiary/aromatic N) is 4. The van der Waals surface area contributed by atoms with Crippen LogP contribution in [-0.4, -0.2) is 53.2 Å². The maximum absolute atomic E-state index is 13.8. The maximum Gasteiger partial charge on any atom is 0.418 e. The van der Waals surface area contributed by atoms with Crippen LogP contribution >= 0.6 is 11.6 Å². The minimum atomic E-state index is -5.13. The van der Waals surface area contributed by atoms with E-state index in [1.165, 1.54) is 17.8 Å². The number of aromatic nitrogens is 4. The van der Waals surface area contributed by atoms with Crippen LogP contribution in [0.25, 0.3) is 10.9 Å². The molecule has 1 amide bonds. The standard InChI is InChI=1S/C18H18ClF3N6O3/c1-23-17(29)13-9(7-11(19)25-26-13)24-16-12-10(28(2)27-16)6-5-8(14(12)30-3)15(31-4)18(20,21)22/h5-7,15H,1-4H3,(H,23,29)(H,24,25,27)/t15-/m0/s1/i1D3,4D3. The minimum Gasteiger partial charge on any atom is -0.496 e. The predicted octanol–water partition coefficient (Wildman–Crippen LogP) is 3.38. The molecule has 2 aromatic heterocycles. The van der Waals surface area contributed by atoms with Crippen molar-refractivity contribution in [3.05, 3.63) is 34.6 Å². The van der Waals surface area contributed by atoms with Gasteiger partial charge in [0.05, 0.1) is 27.8 Å². The number of amides is 1. The molecule has 0 bridgehead atoms. The number of benzene rings is 1. The summed E-state index contributed by atoms with van der Waals surface area (Å²) < 4.78 is 95.5. The van der Waals surface area contributed by atoms with Crippen LogP contribution in [0.2, 0.25) is 5.15 Å². The predicted molar refractivity (Wildman–Crippen MR) is 107 cm³/mol. The van der Waals surface area contributed by atoms with Gasteiger partial charge in [0.2, 0.25) is 0 Å². The fourth-order valence-electron chi connectivity index (χ4n) is 2.98. The second kappa shape index (κ2) is 8.55. The molecule has 0 spiro atoms. The number of hydrogen-bond donors (Lipinski definition) is 2. The molecule has 2 N–H and O–H groups in total. The summed E-state index contributed by atoms with van der Waals surface area (Å²) >= 11 is 5.88. The largest absolute Gasteiger partial charge is 0.496 e. The van der Waals surface area contributed by atoms with E-state index in [9.17, 15) is 18.0 Å². The second-order valence-corrected chi connectivity index (χ2v) is 6.49. The summed E-state index contributed by atoms with van der Waals surface area (Å²) in [5, 5.41) is 15.5. The lowest BCUT2D eigenvalue weighted by Crippen LogP contribution is -2.23. The SMILES string of the molecule is [2H]C([2H])([2H])NC(=O)c1nnc(Cl)cc1Nc1nn(C)c2ccc([C@H](OC([2H])([2H])[2H])C(F)(F)F)c(OC)c12. The summed E-state index contributed by atoms with van der Waals surface area (Å²) in [6.07, 6.45) is -8.01. The molecule has 0 aliphatic carbocycles. The van der Waals surface area contributed by atoms with E-state index in [-0.39, 0.29) is 27.6 Å². The number of carbonyl (C=O) groups excluding carboxylic acids is 1. The third-order valence-electron chi connectivity index (χ3n) is 4.25. The lowest BCUT2D eigenvalue weighted by Gasteiger charge is -2.21. The van der Waals surface area contributed by atoms with E-state index in [0.29, 0.717) is 0 Å². The Hall–Kier alpha value is -3.12. The molecule has 13 heteroatoms. The highest BCUT2D eigenvalue weighted by atomic mass is 35.5. The Balaban J connectivity index is 2.20. The molecule has 9 nitrogen and oxygen atoms in total. The summed E-state index contributed by atoms with van der Waals surface area (Å²) in [5.74, 6) is -1.72. The van der Waals surface area contributed by atoms with E-state index in [4.69, 9.17) is 24.6 Å². The number of carbonyl (C=O) groups is 1. The smallest absolute Gasteiger partial charge is 0.418 e. The molecular weight excluding hydrogens is 441 g/mol. The zero-order chi connectivity index (χ0) is 27.9. The van der Waals surface area contributed by atoms with Crippen molar-refractivity contribution in [2.75, 3.05) is 26.4 Å². The van der Waals surface area contributed by atoms with E-state index < -0.39 is 49.2 Å². The number of ether oxygens (including phenoxy) is 2. The van der Waals surface area contributed by atoms with Gasteiger partial charge in [0, 0.05) is 36.8 Å². The summed E-state index contributed by atoms with van der Waals surface area (Å²) in [6.45, 7) is -2.86. The summed E-state index contributed by atoms with van der Waals surface area (Å²) in [4.78, 5) is 12.5. The summed E-state index contributed by atoms with van der Waals surface area (Å²) in [5.41, 5.74) is -1.09. The van der Waals surface area contributed by atoms with Crippen molar-refractivity contribution in [1.29, 1.82) is 0 Å². The first-order chi connectivity index (χ1) is 16.9. The number of fused-ring (bicyclic) bond motifs is 1. The van der Waals surface area contributed by atoms with Crippen LogP contribution in [0, 0.1) is 0 Å². The number of nitrogens with one attached hydrogen (secondary N) is 2. The topological polar surface area (TPSA) is 103 Å². The molecular formula is C18H18ClF3N6O3. The van der Waals surface area contributed by atoms with Crippen molar-refractivity contribution in [2.45, 2.75) is 12.3 Å². The molecule has 3 aromatic rings. The zero-order valence-corrected chi connectivity index (χ0v) is 16.6. The number of methoxy groups -OCH3 is 2. The Morgan fingerprint density at radius 3 is 2.77 bits per heavy atom. The van der Waals surface area contributed by atoms with Crippen molar-refractivity contribution in [1.82, 2.24) is 25.3 Å². The second-order valence-electron chi connectivity index (χ2n) is 6.10. The van der Waals surface area contributed by atoms with E-state index in [1.54, 1.807) is 5.32 Å². The van der Waals surface area contributed by atoms with Crippen LogP contribution in [0.1, 0.15) is 30.4 Å². The summed E-state index contributed by atoms with van der Waals surface area (Å²) in [7, 11) is -0.856. The molecule has 0 aliphatic rings. The maximum atomic E-state index is 13.8. The molecule has 0 fully saturated rings. The van der Waals surface area contributed by atoms with E-state index in [1.807, 2.05) is 0 Å². The van der Waals surface area contributed by atoms with Gasteiger partial charge in [-0.1, -0.05) is 17.7 Å². The van der Waals surface area contributed by atoms with Crippen LogP contribution in [0.4, 0.5) is 24.7 Å². The number of anilines is 2. The average molecular weight is 465 g/mol. The number of hydrogen-bond acceptors (Lipinski definition) is 7. The molecule has 0 radical (unpaired) electrons. The first-order valence-corrected chi connectivity index (χ1v) is 8.70. The van der Waals surface area contributed by atoms with Crippen LogP contribution < -0.4 is 15.4 Å². The van der Waals surface area contributed by atoms with Gasteiger partial charge in [0.1, 0.15) is 5.75 Å². The molecule has 0 saturated heterocycles. The van der Waals surface area contributed by atoms with E-state index >= 15 is 0 Å². The van der Waals surface area contributed by atoms with Gasteiger partial charge in [-0.15, -0.1) is 10.2 Å². The first kappa shape index (κ1) is 15.6. The van der Waals surface area contributed by atoms with Gasteiger partial charge < -0.3 is 20.1 Å². The number of alkyl halides is 3. The molecule has 1 atom stereocenters. The quantitative estimate of drug-likeness (QED) is 0.576. The van der Waals surface area contributed by atoms with Gasteiger partial charge in [-0.2, -0.15) is 18.3 Å². The highest BCUT2D eigenvalue weighted by Crippen LogP contribution is 2.44. The van der Waals surface area contributed by atoms with Crippen LogP contribution in [-0.2, 0) is 11.8 Å². The van der Waals surface area contributed by atoms with Crippen LogP contribution in [0.15, 0.2) is 18.2 Å². The lowest BCUT2D eigenvalue weighted by molar-refractivity contribution is -0.216. The van der Waals surface area contributed by atoms with Gasteiger partial charge in [0.25, 0.3) is 5.91 Å². The van der Waals surface area contributed by atoms with Crippen molar-refractivity contribution in [3.8, 4) is 5.75 Å². The van der Waals surface area contributed by atoms with Gasteiger partial charge in [-0.25, -0.2) is 0 Å². The number of rotatable bonds is 6. The van der Waals surface area contributed by atoms with Crippen LogP contribution in [0.3, 0.4) is 0 Å². The van der Waals surface area contributed by atoms with Crippen molar-refractivity contribution in [2.24, 2.45) is 7.05 Å². The minimum absolute atomic E-state index is 0.0407. The normalized spacial score (nSPS) is 16.3. The Kier molecular flexibility index (Phi) is 4.32. The Morgan fingerprint density at radius 2 is 2.13 bits per heavy atom. The molecule has 166 valence electrons. The molecule has 0 aliphatic heterocycles. The van der Waals surface area contributed by atoms with Gasteiger partial charge in [-0.3, -0.25) is 9.48 Å². The van der Waals surface area contributed by atoms with E-state index in [2.05, 4.69) is 25.3 Å². The third kappa shape index (κ3) is 4.21. The zero-order valence-electron chi connectivity index (χ0n) is 21.8. The Labute approximate surface area is 187 Å². The van der Waals surface area contributed by atoms with Crippen molar-refractivity contribution >= 4 is 39.9 Å². The first-order valence-electron chi connectivity index (χ1n) is 11.3. The molecule has 31 heavy (non-hydrogen) atoms. The third-order valence-corrected chi connectivity index (χ3v) is 4.43. The van der Waals surface area contributed by atoms with Gasteiger partial charge in [0.15, 0.2) is 22.8 Å². The van der Waals surface area contributed by atoms with Crippen molar-refractivity contribution < 1.29 is 35.7 Å². The summed E-state index contributed by atoms with van der Waals surface area (Å²) in [6, 6.07) is 3.36. The monoisotopic (exact) mass is 464 g/mol. The van der Waals surface area contributed by atoms with Gasteiger partial charge >= 0.3 is 6.18 Å². The highest BCUT2D eigenvalue weighted by Gasteiger charge is 2.43. The molecule has 3 rings (SSSR count). The Bertz CT molecular complexity index is 1330. The highest BCUT2D eigenvalue weighted by molar-refractivity contribution is 6.29. The Morgan fingerprint density at radius 1 is 1.35 bits per heavy atom.